The van der Waals surface area contributed by atoms with Crippen molar-refractivity contribution in [3.63, 3.8) is 0 Å². The first-order valence-electron chi connectivity index (χ1n) is 7.93. The van der Waals surface area contributed by atoms with E-state index in [4.69, 9.17) is 0 Å². The molecule has 7 nitrogen and oxygen atoms in total. The van der Waals surface area contributed by atoms with E-state index in [1.807, 2.05) is 18.9 Å². The molecule has 2 aromatic heterocycles. The van der Waals surface area contributed by atoms with Crippen LogP contribution in [-0.4, -0.2) is 51.7 Å². The van der Waals surface area contributed by atoms with Gasteiger partial charge in [-0.2, -0.15) is 5.10 Å². The van der Waals surface area contributed by atoms with Gasteiger partial charge in [0.2, 0.25) is 5.91 Å². The fourth-order valence-corrected chi connectivity index (χ4v) is 3.06. The molecule has 2 aromatic rings. The van der Waals surface area contributed by atoms with Crippen LogP contribution in [0.5, 0.6) is 0 Å². The second-order valence-electron chi connectivity index (χ2n) is 6.02. The van der Waals surface area contributed by atoms with Gasteiger partial charge in [0.15, 0.2) is 5.65 Å². The van der Waals surface area contributed by atoms with Crippen LogP contribution in [0, 0.1) is 12.8 Å². The number of nitrogens with zero attached hydrogens (tertiary/aromatic N) is 5. The van der Waals surface area contributed by atoms with Gasteiger partial charge in [0.05, 0.1) is 24.0 Å². The van der Waals surface area contributed by atoms with E-state index < -0.39 is 13.0 Å². The van der Waals surface area contributed by atoms with Crippen molar-refractivity contribution in [1.82, 2.24) is 25.1 Å². The number of aryl methyl sites for hydroxylation is 2. The summed E-state index contributed by atoms with van der Waals surface area (Å²) in [4.78, 5) is 23.0. The molecule has 1 fully saturated rings. The van der Waals surface area contributed by atoms with Gasteiger partial charge in [0, 0.05) is 20.1 Å². The summed E-state index contributed by atoms with van der Waals surface area (Å²) in [6.07, 6.45) is 0.668. The Morgan fingerprint density at radius 3 is 3.00 bits per heavy atom. The molecule has 1 saturated heterocycles. The second-order valence-corrected chi connectivity index (χ2v) is 6.02. The number of hydrogen-bond acceptors (Lipinski definition) is 5. The summed E-state index contributed by atoms with van der Waals surface area (Å²) < 4.78 is 26.2. The third kappa shape index (κ3) is 3.29. The van der Waals surface area contributed by atoms with Gasteiger partial charge in [0.25, 0.3) is 6.43 Å². The van der Waals surface area contributed by atoms with Crippen LogP contribution in [-0.2, 0) is 11.8 Å². The third-order valence-corrected chi connectivity index (χ3v) is 4.21. The number of carbonyl (C=O) groups excluding carboxylic acids is 1. The SMILES string of the molecule is Cc1nc(N2CCCC(C(=O)NCC(F)F)C2)c2cnn(C)c2n1. The van der Waals surface area contributed by atoms with Gasteiger partial charge in [-0.25, -0.2) is 18.7 Å². The maximum Gasteiger partial charge on any atom is 0.255 e. The summed E-state index contributed by atoms with van der Waals surface area (Å²) in [6.45, 7) is 2.43. The molecule has 3 rings (SSSR count). The van der Waals surface area contributed by atoms with E-state index in [9.17, 15) is 13.6 Å². The first-order chi connectivity index (χ1) is 11.5. The van der Waals surface area contributed by atoms with Gasteiger partial charge in [-0.3, -0.25) is 9.48 Å². The number of carbonyl (C=O) groups is 1. The first kappa shape index (κ1) is 16.5. The number of amides is 1. The molecular weight excluding hydrogens is 318 g/mol. The highest BCUT2D eigenvalue weighted by Gasteiger charge is 2.28. The minimum atomic E-state index is -2.53. The molecule has 1 aliphatic rings. The smallest absolute Gasteiger partial charge is 0.255 e. The molecular formula is C15H20F2N6O. The fraction of sp³-hybridized carbons (Fsp3) is 0.600. The number of halogens is 2. The van der Waals surface area contributed by atoms with Crippen molar-refractivity contribution in [3.05, 3.63) is 12.0 Å². The summed E-state index contributed by atoms with van der Waals surface area (Å²) in [7, 11) is 1.81. The van der Waals surface area contributed by atoms with Crippen LogP contribution < -0.4 is 10.2 Å². The lowest BCUT2D eigenvalue weighted by Gasteiger charge is -2.33. The molecule has 1 amide bonds. The van der Waals surface area contributed by atoms with Crippen LogP contribution in [0.4, 0.5) is 14.6 Å². The Kier molecular flexibility index (Phi) is 4.59. The third-order valence-electron chi connectivity index (χ3n) is 4.21. The van der Waals surface area contributed by atoms with Crippen LogP contribution in [0.3, 0.4) is 0 Å². The molecule has 9 heteroatoms. The Morgan fingerprint density at radius 1 is 1.46 bits per heavy atom. The van der Waals surface area contributed by atoms with Crippen LogP contribution in [0.25, 0.3) is 11.0 Å². The van der Waals surface area contributed by atoms with E-state index in [1.165, 1.54) is 0 Å². The first-order valence-corrected chi connectivity index (χ1v) is 7.93. The van der Waals surface area contributed by atoms with Crippen molar-refractivity contribution in [2.24, 2.45) is 13.0 Å². The van der Waals surface area contributed by atoms with Crippen LogP contribution in [0.1, 0.15) is 18.7 Å². The minimum Gasteiger partial charge on any atom is -0.355 e. The number of alkyl halides is 2. The van der Waals surface area contributed by atoms with Crippen molar-refractivity contribution in [3.8, 4) is 0 Å². The van der Waals surface area contributed by atoms with Gasteiger partial charge in [-0.05, 0) is 19.8 Å². The Balaban J connectivity index is 1.81. The second kappa shape index (κ2) is 6.66. The molecule has 0 saturated carbocycles. The van der Waals surface area contributed by atoms with E-state index >= 15 is 0 Å². The van der Waals surface area contributed by atoms with Crippen molar-refractivity contribution >= 4 is 22.8 Å². The molecule has 0 radical (unpaired) electrons. The van der Waals surface area contributed by atoms with Crippen molar-refractivity contribution < 1.29 is 13.6 Å². The normalized spacial score (nSPS) is 18.4. The number of hydrogen-bond donors (Lipinski definition) is 1. The maximum absolute atomic E-state index is 12.3. The van der Waals surface area contributed by atoms with Gasteiger partial charge < -0.3 is 10.2 Å². The Bertz CT molecular complexity index is 747. The predicted octanol–water partition coefficient (Wildman–Crippen LogP) is 1.27. The molecule has 130 valence electrons. The summed E-state index contributed by atoms with van der Waals surface area (Å²) >= 11 is 0. The number of nitrogens with one attached hydrogen (secondary N) is 1. The molecule has 0 aliphatic carbocycles. The minimum absolute atomic E-state index is 0.320. The van der Waals surface area contributed by atoms with Gasteiger partial charge in [0.1, 0.15) is 11.6 Å². The molecule has 0 bridgehead atoms. The number of fused-ring (bicyclic) bond motifs is 1. The number of rotatable bonds is 4. The molecule has 0 aromatic carbocycles. The van der Waals surface area contributed by atoms with E-state index in [0.717, 1.165) is 29.8 Å². The average molecular weight is 338 g/mol. The standard InChI is InChI=1S/C15H20F2N6O/c1-9-20-13-11(6-19-22(13)2)14(21-9)23-5-3-4-10(8-23)15(24)18-7-12(16)17/h6,10,12H,3-5,7-8H2,1-2H3,(H,18,24). The van der Waals surface area contributed by atoms with Crippen molar-refractivity contribution in [1.29, 1.82) is 0 Å². The highest BCUT2D eigenvalue weighted by Crippen LogP contribution is 2.28. The quantitative estimate of drug-likeness (QED) is 0.909. The lowest BCUT2D eigenvalue weighted by Crippen LogP contribution is -2.44. The number of aromatic nitrogens is 4. The summed E-state index contributed by atoms with van der Waals surface area (Å²) in [5.74, 6) is 0.732. The number of piperidine rings is 1. The van der Waals surface area contributed by atoms with Crippen molar-refractivity contribution in [2.75, 3.05) is 24.5 Å². The fourth-order valence-electron chi connectivity index (χ4n) is 3.06. The maximum atomic E-state index is 12.3. The highest BCUT2D eigenvalue weighted by molar-refractivity contribution is 5.87. The van der Waals surface area contributed by atoms with Crippen LogP contribution in [0.15, 0.2) is 6.20 Å². The van der Waals surface area contributed by atoms with E-state index in [0.29, 0.717) is 18.8 Å². The highest BCUT2D eigenvalue weighted by atomic mass is 19.3. The zero-order valence-corrected chi connectivity index (χ0v) is 13.7. The molecule has 3 heterocycles. The predicted molar refractivity (Wildman–Crippen MR) is 85.0 cm³/mol. The molecule has 0 spiro atoms. The van der Waals surface area contributed by atoms with Crippen molar-refractivity contribution in [2.45, 2.75) is 26.2 Å². The zero-order valence-electron chi connectivity index (χ0n) is 13.7. The summed E-state index contributed by atoms with van der Waals surface area (Å²) in [5.41, 5.74) is 0.738. The number of anilines is 1. The Morgan fingerprint density at radius 2 is 2.25 bits per heavy atom. The van der Waals surface area contributed by atoms with E-state index in [-0.39, 0.29) is 11.8 Å². The molecule has 1 N–H and O–H groups in total. The summed E-state index contributed by atoms with van der Waals surface area (Å²) in [6, 6.07) is 0. The monoisotopic (exact) mass is 338 g/mol. The van der Waals surface area contributed by atoms with Gasteiger partial charge in [-0.15, -0.1) is 0 Å². The summed E-state index contributed by atoms with van der Waals surface area (Å²) in [5, 5.41) is 7.36. The van der Waals surface area contributed by atoms with Crippen LogP contribution in [0.2, 0.25) is 0 Å². The molecule has 1 aliphatic heterocycles. The van der Waals surface area contributed by atoms with Crippen LogP contribution >= 0.6 is 0 Å². The topological polar surface area (TPSA) is 75.9 Å². The zero-order chi connectivity index (χ0) is 17.3. The lowest BCUT2D eigenvalue weighted by atomic mass is 9.97. The van der Waals surface area contributed by atoms with Gasteiger partial charge >= 0.3 is 0 Å². The Labute approximate surface area is 138 Å². The molecule has 24 heavy (non-hydrogen) atoms. The van der Waals surface area contributed by atoms with E-state index in [1.54, 1.807) is 10.9 Å². The molecule has 1 atom stereocenters. The largest absolute Gasteiger partial charge is 0.355 e. The van der Waals surface area contributed by atoms with Gasteiger partial charge in [-0.1, -0.05) is 0 Å². The average Bonchev–Trinajstić information content (AvgIpc) is 2.93. The Hall–Kier alpha value is -2.32. The lowest BCUT2D eigenvalue weighted by molar-refractivity contribution is -0.125. The molecule has 1 unspecified atom stereocenters. The van der Waals surface area contributed by atoms with E-state index in [2.05, 4.69) is 20.4 Å².